The van der Waals surface area contributed by atoms with E-state index in [4.69, 9.17) is 9.47 Å². The Bertz CT molecular complexity index is 1400. The van der Waals surface area contributed by atoms with Gasteiger partial charge in [-0.05, 0) is 85.6 Å². The Hall–Kier alpha value is -2.31. The van der Waals surface area contributed by atoms with Gasteiger partial charge in [-0.25, -0.2) is 0 Å². The van der Waals surface area contributed by atoms with Crippen molar-refractivity contribution in [3.05, 3.63) is 76.6 Å². The third kappa shape index (κ3) is 4.63. The van der Waals surface area contributed by atoms with Crippen LogP contribution in [0.3, 0.4) is 0 Å². The minimum Gasteiger partial charge on any atom is -0.390 e. The number of benzene rings is 1. The van der Waals surface area contributed by atoms with E-state index in [1.807, 2.05) is 12.3 Å². The molecular weight excluding hydrogens is 522 g/mol. The number of aromatic nitrogens is 1. The highest BCUT2D eigenvalue weighted by Gasteiger charge is 2.63. The zero-order chi connectivity index (χ0) is 29.4. The third-order valence-corrected chi connectivity index (χ3v) is 11.9. The van der Waals surface area contributed by atoms with Gasteiger partial charge in [-0.1, -0.05) is 68.8 Å². The molecule has 1 aromatic carbocycles. The van der Waals surface area contributed by atoms with Crippen molar-refractivity contribution >= 4 is 12.2 Å². The summed E-state index contributed by atoms with van der Waals surface area (Å²) in [5, 5.41) is 24.2. The standard InChI is InChI=1S/C37H47NO4/c1-33(2)23-41-37(42-24-33)17-14-31-32-28(12-16-36(31,40)22-37)30-13-15-35(4,39)34(30,3)20-29(32)27-9-5-7-25(19-27)10-11-26-8-6-18-38-21-26/h5-11,18-19,21,28-30,39-40H,12-17,20,22-24H2,1-4H3/b11-10+/t28?,29-,30?,34+,35+,36-/m1/s1. The molecule has 2 N–H and O–H groups in total. The number of hydrogen-bond donors (Lipinski definition) is 2. The summed E-state index contributed by atoms with van der Waals surface area (Å²) in [6.45, 7) is 10.1. The molecule has 0 amide bonds. The van der Waals surface area contributed by atoms with Gasteiger partial charge in [0.05, 0.1) is 24.4 Å². The molecule has 2 unspecified atom stereocenters. The van der Waals surface area contributed by atoms with Gasteiger partial charge >= 0.3 is 0 Å². The molecule has 0 radical (unpaired) electrons. The van der Waals surface area contributed by atoms with Crippen molar-refractivity contribution in [2.45, 2.75) is 102 Å². The van der Waals surface area contributed by atoms with Crippen LogP contribution in [0, 0.1) is 22.7 Å². The Kier molecular flexibility index (Phi) is 6.68. The molecule has 1 aromatic heterocycles. The summed E-state index contributed by atoms with van der Waals surface area (Å²) >= 11 is 0. The number of fused-ring (bicyclic) bond motifs is 4. The lowest BCUT2D eigenvalue weighted by Crippen LogP contribution is -2.58. The maximum Gasteiger partial charge on any atom is 0.171 e. The predicted octanol–water partition coefficient (Wildman–Crippen LogP) is 7.30. The lowest BCUT2D eigenvalue weighted by molar-refractivity contribution is -0.322. The van der Waals surface area contributed by atoms with Gasteiger partial charge in [0.2, 0.25) is 0 Å². The van der Waals surface area contributed by atoms with E-state index in [2.05, 4.69) is 75.2 Å². The molecule has 42 heavy (non-hydrogen) atoms. The van der Waals surface area contributed by atoms with E-state index in [-0.39, 0.29) is 16.7 Å². The number of hydrogen-bond acceptors (Lipinski definition) is 5. The quantitative estimate of drug-likeness (QED) is 0.380. The number of ether oxygens (including phenoxy) is 2. The van der Waals surface area contributed by atoms with E-state index in [1.54, 1.807) is 6.20 Å². The Morgan fingerprint density at radius 1 is 0.905 bits per heavy atom. The number of pyridine rings is 1. The van der Waals surface area contributed by atoms with Crippen LogP contribution >= 0.6 is 0 Å². The van der Waals surface area contributed by atoms with E-state index < -0.39 is 17.0 Å². The van der Waals surface area contributed by atoms with Gasteiger partial charge in [0, 0.05) is 42.0 Å². The molecule has 3 saturated carbocycles. The van der Waals surface area contributed by atoms with Crippen LogP contribution in [0.25, 0.3) is 12.2 Å². The molecule has 1 spiro atoms. The average Bonchev–Trinajstić information content (AvgIpc) is 3.21. The van der Waals surface area contributed by atoms with Gasteiger partial charge in [0.15, 0.2) is 5.79 Å². The van der Waals surface area contributed by atoms with Crippen molar-refractivity contribution in [2.75, 3.05) is 13.2 Å². The number of rotatable bonds is 3. The molecule has 6 atom stereocenters. The van der Waals surface area contributed by atoms with Crippen molar-refractivity contribution in [1.82, 2.24) is 4.98 Å². The zero-order valence-corrected chi connectivity index (χ0v) is 25.7. The van der Waals surface area contributed by atoms with E-state index in [9.17, 15) is 10.2 Å². The molecule has 224 valence electrons. The molecule has 2 aromatic rings. The van der Waals surface area contributed by atoms with Crippen LogP contribution in [-0.2, 0) is 9.47 Å². The first-order valence-electron chi connectivity index (χ1n) is 16.1. The fourth-order valence-electron chi connectivity index (χ4n) is 9.32. The first kappa shape index (κ1) is 28.5. The molecule has 4 fully saturated rings. The van der Waals surface area contributed by atoms with Crippen molar-refractivity contribution in [1.29, 1.82) is 0 Å². The molecule has 2 heterocycles. The molecule has 0 bridgehead atoms. The lowest BCUT2D eigenvalue weighted by Gasteiger charge is -2.58. The van der Waals surface area contributed by atoms with Crippen molar-refractivity contribution in [2.24, 2.45) is 22.7 Å². The summed E-state index contributed by atoms with van der Waals surface area (Å²) in [5.74, 6) is 0.293. The van der Waals surface area contributed by atoms with Gasteiger partial charge in [-0.2, -0.15) is 0 Å². The van der Waals surface area contributed by atoms with Gasteiger partial charge in [-0.3, -0.25) is 4.98 Å². The number of aliphatic hydroxyl groups is 2. The third-order valence-electron chi connectivity index (χ3n) is 11.9. The van der Waals surface area contributed by atoms with E-state index in [0.717, 1.165) is 56.1 Å². The molecule has 1 aliphatic heterocycles. The molecule has 5 nitrogen and oxygen atoms in total. The summed E-state index contributed by atoms with van der Waals surface area (Å²) in [5.41, 5.74) is 4.46. The van der Waals surface area contributed by atoms with Gasteiger partial charge in [0.25, 0.3) is 0 Å². The first-order chi connectivity index (χ1) is 19.9. The van der Waals surface area contributed by atoms with Crippen molar-refractivity contribution in [3.63, 3.8) is 0 Å². The summed E-state index contributed by atoms with van der Waals surface area (Å²) in [7, 11) is 0. The molecule has 4 aliphatic carbocycles. The van der Waals surface area contributed by atoms with Crippen LogP contribution < -0.4 is 0 Å². The van der Waals surface area contributed by atoms with Crippen LogP contribution in [0.4, 0.5) is 0 Å². The highest BCUT2D eigenvalue weighted by Crippen LogP contribution is 2.67. The SMILES string of the molecule is CC1(C)COC2(CCC3=C4C(CC[C@@]3(O)C2)C2CC[C@](C)(O)[C@@]2(C)C[C@@H]4c2cccc(/C=C/c3cccnc3)c2)OC1. The fraction of sp³-hybridized carbons (Fsp3) is 0.595. The van der Waals surface area contributed by atoms with E-state index in [1.165, 1.54) is 16.7 Å². The van der Waals surface area contributed by atoms with Crippen LogP contribution in [0.1, 0.15) is 102 Å². The Balaban J connectivity index is 1.29. The Morgan fingerprint density at radius 3 is 2.43 bits per heavy atom. The van der Waals surface area contributed by atoms with Gasteiger partial charge < -0.3 is 19.7 Å². The second-order valence-electron chi connectivity index (χ2n) is 15.3. The number of allylic oxidation sites excluding steroid dienone is 1. The average molecular weight is 570 g/mol. The summed E-state index contributed by atoms with van der Waals surface area (Å²) in [6, 6.07) is 12.9. The van der Waals surface area contributed by atoms with Crippen LogP contribution in [-0.4, -0.2) is 45.4 Å². The molecule has 7 rings (SSSR count). The number of nitrogens with zero attached hydrogens (tertiary/aromatic N) is 1. The second kappa shape index (κ2) is 9.85. The normalized spacial score (nSPS) is 38.8. The zero-order valence-electron chi connectivity index (χ0n) is 25.7. The Morgan fingerprint density at radius 2 is 1.67 bits per heavy atom. The maximum atomic E-state index is 12.4. The van der Waals surface area contributed by atoms with E-state index in [0.29, 0.717) is 31.5 Å². The Labute approximate surface area is 251 Å². The second-order valence-corrected chi connectivity index (χ2v) is 15.3. The van der Waals surface area contributed by atoms with Crippen molar-refractivity contribution in [3.8, 4) is 0 Å². The molecule has 1 saturated heterocycles. The largest absolute Gasteiger partial charge is 0.390 e. The summed E-state index contributed by atoms with van der Waals surface area (Å²) in [6.07, 6.45) is 14.5. The molecule has 5 aliphatic rings. The maximum absolute atomic E-state index is 12.4. The monoisotopic (exact) mass is 569 g/mol. The summed E-state index contributed by atoms with van der Waals surface area (Å²) in [4.78, 5) is 4.25. The van der Waals surface area contributed by atoms with E-state index >= 15 is 0 Å². The van der Waals surface area contributed by atoms with Crippen LogP contribution in [0.2, 0.25) is 0 Å². The molecular formula is C37H47NO4. The first-order valence-corrected chi connectivity index (χ1v) is 16.1. The minimum atomic E-state index is -0.906. The molecule has 5 heteroatoms. The topological polar surface area (TPSA) is 71.8 Å². The van der Waals surface area contributed by atoms with Crippen LogP contribution in [0.5, 0.6) is 0 Å². The smallest absolute Gasteiger partial charge is 0.171 e. The van der Waals surface area contributed by atoms with Gasteiger partial charge in [0.1, 0.15) is 0 Å². The predicted molar refractivity (Wildman–Crippen MR) is 165 cm³/mol. The highest BCUT2D eigenvalue weighted by atomic mass is 16.7. The van der Waals surface area contributed by atoms with Gasteiger partial charge in [-0.15, -0.1) is 0 Å². The fourth-order valence-corrected chi connectivity index (χ4v) is 9.32. The van der Waals surface area contributed by atoms with Crippen molar-refractivity contribution < 1.29 is 19.7 Å². The van der Waals surface area contributed by atoms with Crippen LogP contribution in [0.15, 0.2) is 59.9 Å². The summed E-state index contributed by atoms with van der Waals surface area (Å²) < 4.78 is 12.9. The lowest BCUT2D eigenvalue weighted by atomic mass is 9.50. The highest BCUT2D eigenvalue weighted by molar-refractivity contribution is 5.69. The minimum absolute atomic E-state index is 0.000895.